The molecule has 2 aromatic rings. The standard InChI is InChI=1S/C16H16N2O2/c1-11-5-7-13(8-6-11)15(19)12(2)18-9-3-4-14(10-18)16(17)20/h3-10,12H,1-2H3,(H-,17,20)/p+1/t12-/m1/s1. The average molecular weight is 269 g/mol. The van der Waals surface area contributed by atoms with E-state index in [-0.39, 0.29) is 5.78 Å². The van der Waals surface area contributed by atoms with Gasteiger partial charge in [-0.1, -0.05) is 29.8 Å². The summed E-state index contributed by atoms with van der Waals surface area (Å²) in [6, 6.07) is 10.4. The summed E-state index contributed by atoms with van der Waals surface area (Å²) >= 11 is 0. The molecule has 1 aromatic heterocycles. The molecule has 0 spiro atoms. The number of primary amides is 1. The minimum Gasteiger partial charge on any atom is -0.365 e. The van der Waals surface area contributed by atoms with Gasteiger partial charge in [0.05, 0.1) is 0 Å². The number of aromatic nitrogens is 1. The Balaban J connectivity index is 2.28. The van der Waals surface area contributed by atoms with Crippen LogP contribution in [0.3, 0.4) is 0 Å². The van der Waals surface area contributed by atoms with Gasteiger partial charge in [0, 0.05) is 18.6 Å². The van der Waals surface area contributed by atoms with E-state index in [1.165, 1.54) is 0 Å². The van der Waals surface area contributed by atoms with Gasteiger partial charge < -0.3 is 5.73 Å². The quantitative estimate of drug-likeness (QED) is 0.679. The number of ketones is 1. The summed E-state index contributed by atoms with van der Waals surface area (Å²) in [5, 5.41) is 0. The molecule has 0 aliphatic carbocycles. The molecule has 2 N–H and O–H groups in total. The van der Waals surface area contributed by atoms with Gasteiger partial charge in [0.25, 0.3) is 5.91 Å². The van der Waals surface area contributed by atoms with Gasteiger partial charge in [0.2, 0.25) is 11.8 Å². The van der Waals surface area contributed by atoms with Gasteiger partial charge in [-0.25, -0.2) is 0 Å². The summed E-state index contributed by atoms with van der Waals surface area (Å²) in [5.74, 6) is -0.508. The summed E-state index contributed by atoms with van der Waals surface area (Å²) in [4.78, 5) is 23.6. The number of nitrogens with two attached hydrogens (primary N) is 1. The number of aryl methyl sites for hydroxylation is 1. The Morgan fingerprint density at radius 2 is 1.75 bits per heavy atom. The molecule has 1 aromatic carbocycles. The molecule has 0 saturated carbocycles. The fraction of sp³-hybridized carbons (Fsp3) is 0.188. The van der Waals surface area contributed by atoms with Crippen LogP contribution in [0.5, 0.6) is 0 Å². The van der Waals surface area contributed by atoms with E-state index in [1.54, 1.807) is 36.0 Å². The molecule has 0 bridgehead atoms. The Morgan fingerprint density at radius 3 is 2.35 bits per heavy atom. The van der Waals surface area contributed by atoms with Crippen LogP contribution < -0.4 is 10.3 Å². The zero-order valence-corrected chi connectivity index (χ0v) is 11.5. The Labute approximate surface area is 117 Å². The zero-order chi connectivity index (χ0) is 14.7. The third-order valence-corrected chi connectivity index (χ3v) is 3.27. The molecule has 102 valence electrons. The van der Waals surface area contributed by atoms with Crippen LogP contribution in [0.2, 0.25) is 0 Å². The first-order chi connectivity index (χ1) is 9.49. The fourth-order valence-corrected chi connectivity index (χ4v) is 1.97. The highest BCUT2D eigenvalue weighted by molar-refractivity contribution is 5.97. The van der Waals surface area contributed by atoms with Crippen molar-refractivity contribution >= 4 is 11.7 Å². The van der Waals surface area contributed by atoms with Crippen LogP contribution in [-0.4, -0.2) is 11.7 Å². The van der Waals surface area contributed by atoms with Gasteiger partial charge in [-0.05, 0) is 13.0 Å². The van der Waals surface area contributed by atoms with Gasteiger partial charge in [-0.3, -0.25) is 9.59 Å². The van der Waals surface area contributed by atoms with Gasteiger partial charge in [0.15, 0.2) is 12.4 Å². The number of hydrogen-bond donors (Lipinski definition) is 1. The summed E-state index contributed by atoms with van der Waals surface area (Å²) in [6.45, 7) is 3.77. The monoisotopic (exact) mass is 269 g/mol. The Morgan fingerprint density at radius 1 is 1.10 bits per heavy atom. The molecule has 4 nitrogen and oxygen atoms in total. The van der Waals surface area contributed by atoms with Crippen molar-refractivity contribution in [3.8, 4) is 0 Å². The third kappa shape index (κ3) is 2.91. The second-order valence-corrected chi connectivity index (χ2v) is 4.81. The number of nitrogens with zero attached hydrogens (tertiary/aromatic N) is 1. The maximum Gasteiger partial charge on any atom is 0.254 e. The van der Waals surface area contributed by atoms with Crippen LogP contribution in [0, 0.1) is 6.92 Å². The largest absolute Gasteiger partial charge is 0.365 e. The Kier molecular flexibility index (Phi) is 3.94. The van der Waals surface area contributed by atoms with E-state index in [0.29, 0.717) is 11.1 Å². The number of carbonyl (C=O) groups excluding carboxylic acids is 2. The number of amides is 1. The smallest absolute Gasteiger partial charge is 0.254 e. The molecule has 0 unspecified atom stereocenters. The molecule has 0 aliphatic rings. The van der Waals surface area contributed by atoms with Gasteiger partial charge in [-0.15, -0.1) is 0 Å². The van der Waals surface area contributed by atoms with E-state index in [2.05, 4.69) is 0 Å². The van der Waals surface area contributed by atoms with E-state index < -0.39 is 11.9 Å². The van der Waals surface area contributed by atoms with Crippen molar-refractivity contribution in [2.75, 3.05) is 0 Å². The number of benzene rings is 1. The Bertz CT molecular complexity index is 648. The Hall–Kier alpha value is -2.49. The van der Waals surface area contributed by atoms with Crippen LogP contribution in [0.4, 0.5) is 0 Å². The molecule has 0 aliphatic heterocycles. The molecule has 0 fully saturated rings. The predicted octanol–water partition coefficient (Wildman–Crippen LogP) is 1.83. The first-order valence-electron chi connectivity index (χ1n) is 6.40. The first-order valence-corrected chi connectivity index (χ1v) is 6.40. The van der Waals surface area contributed by atoms with Crippen LogP contribution in [0.25, 0.3) is 0 Å². The average Bonchev–Trinajstić information content (AvgIpc) is 2.46. The molecule has 20 heavy (non-hydrogen) atoms. The first kappa shape index (κ1) is 13.9. The zero-order valence-electron chi connectivity index (χ0n) is 11.5. The van der Waals surface area contributed by atoms with E-state index in [1.807, 2.05) is 31.2 Å². The number of carbonyl (C=O) groups is 2. The molecule has 0 saturated heterocycles. The highest BCUT2D eigenvalue weighted by Crippen LogP contribution is 2.10. The fourth-order valence-electron chi connectivity index (χ4n) is 1.97. The summed E-state index contributed by atoms with van der Waals surface area (Å²) in [6.07, 6.45) is 3.35. The molecule has 0 radical (unpaired) electrons. The molecule has 1 heterocycles. The number of rotatable bonds is 4. The van der Waals surface area contributed by atoms with Crippen molar-refractivity contribution in [1.29, 1.82) is 0 Å². The summed E-state index contributed by atoms with van der Waals surface area (Å²) in [7, 11) is 0. The lowest BCUT2D eigenvalue weighted by atomic mass is 10.0. The van der Waals surface area contributed by atoms with E-state index in [0.717, 1.165) is 5.56 Å². The van der Waals surface area contributed by atoms with Crippen LogP contribution >= 0.6 is 0 Å². The molecular formula is C16H17N2O2+. The van der Waals surface area contributed by atoms with Gasteiger partial charge in [0.1, 0.15) is 5.56 Å². The van der Waals surface area contributed by atoms with E-state index >= 15 is 0 Å². The van der Waals surface area contributed by atoms with Crippen molar-refractivity contribution in [2.24, 2.45) is 5.73 Å². The highest BCUT2D eigenvalue weighted by atomic mass is 16.1. The van der Waals surface area contributed by atoms with Crippen LogP contribution in [-0.2, 0) is 0 Å². The van der Waals surface area contributed by atoms with Crippen molar-refractivity contribution < 1.29 is 14.2 Å². The SMILES string of the molecule is Cc1ccc(C(=O)[C@@H](C)[n+]2cccc(C(N)=O)c2)cc1. The second-order valence-electron chi connectivity index (χ2n) is 4.81. The summed E-state index contributed by atoms with van der Waals surface area (Å²) < 4.78 is 1.70. The highest BCUT2D eigenvalue weighted by Gasteiger charge is 2.24. The lowest BCUT2D eigenvalue weighted by Crippen LogP contribution is -2.42. The number of pyridine rings is 1. The number of Topliss-reactive ketones (excluding diaryl/α,β-unsaturated/α-hetero) is 1. The molecule has 2 rings (SSSR count). The topological polar surface area (TPSA) is 64.0 Å². The predicted molar refractivity (Wildman–Crippen MR) is 75.4 cm³/mol. The maximum atomic E-state index is 12.4. The van der Waals surface area contributed by atoms with E-state index in [9.17, 15) is 9.59 Å². The second kappa shape index (κ2) is 5.65. The maximum absolute atomic E-state index is 12.4. The third-order valence-electron chi connectivity index (χ3n) is 3.27. The number of hydrogen-bond acceptors (Lipinski definition) is 2. The van der Waals surface area contributed by atoms with Crippen LogP contribution in [0.1, 0.15) is 39.2 Å². The molecule has 4 heteroatoms. The van der Waals surface area contributed by atoms with Gasteiger partial charge in [-0.2, -0.15) is 4.57 Å². The normalized spacial score (nSPS) is 11.9. The van der Waals surface area contributed by atoms with Crippen molar-refractivity contribution in [3.05, 3.63) is 65.5 Å². The van der Waals surface area contributed by atoms with E-state index in [4.69, 9.17) is 5.73 Å². The van der Waals surface area contributed by atoms with Crippen LogP contribution in [0.15, 0.2) is 48.8 Å². The lowest BCUT2D eigenvalue weighted by Gasteiger charge is -2.07. The molecule has 1 amide bonds. The van der Waals surface area contributed by atoms with Gasteiger partial charge >= 0.3 is 0 Å². The van der Waals surface area contributed by atoms with Crippen molar-refractivity contribution in [2.45, 2.75) is 19.9 Å². The summed E-state index contributed by atoms with van der Waals surface area (Å²) in [5.41, 5.74) is 7.40. The molecule has 1 atom stereocenters. The minimum absolute atomic E-state index is 0.00313. The molecular weight excluding hydrogens is 252 g/mol. The minimum atomic E-state index is -0.505. The van der Waals surface area contributed by atoms with Crippen molar-refractivity contribution in [3.63, 3.8) is 0 Å². The lowest BCUT2D eigenvalue weighted by molar-refractivity contribution is -0.704. The van der Waals surface area contributed by atoms with Crippen molar-refractivity contribution in [1.82, 2.24) is 0 Å².